The van der Waals surface area contributed by atoms with Crippen LogP contribution in [0.5, 0.6) is 0 Å². The number of rotatable bonds is 6. The highest BCUT2D eigenvalue weighted by molar-refractivity contribution is 5.81. The first-order valence-corrected chi connectivity index (χ1v) is 4.15. The maximum Gasteiger partial charge on any atom is 0.236 e. The molecule has 72 valence electrons. The summed E-state index contributed by atoms with van der Waals surface area (Å²) in [6.07, 6.45) is 1.41. The molecule has 0 fully saturated rings. The molecule has 0 bridgehead atoms. The monoisotopic (exact) mass is 174 g/mol. The van der Waals surface area contributed by atoms with Crippen LogP contribution in [0.4, 0.5) is 0 Å². The molecule has 0 aromatic rings. The molecular weight excluding hydrogens is 156 g/mol. The van der Waals surface area contributed by atoms with E-state index < -0.39 is 6.04 Å². The van der Waals surface area contributed by atoms with E-state index in [2.05, 4.69) is 5.32 Å². The highest BCUT2D eigenvalue weighted by Crippen LogP contribution is 1.91. The Hall–Kier alpha value is -0.650. The van der Waals surface area contributed by atoms with Gasteiger partial charge in [0.15, 0.2) is 0 Å². The van der Waals surface area contributed by atoms with Gasteiger partial charge in [0.25, 0.3) is 0 Å². The zero-order valence-electron chi connectivity index (χ0n) is 7.25. The molecule has 5 heteroatoms. The quantitative estimate of drug-likeness (QED) is 0.378. The third-order valence-electron chi connectivity index (χ3n) is 1.50. The van der Waals surface area contributed by atoms with Gasteiger partial charge < -0.3 is 22.5 Å². The molecule has 0 aliphatic carbocycles. The Morgan fingerprint density at radius 1 is 1.33 bits per heavy atom. The molecular formula is C7H18N4O. The summed E-state index contributed by atoms with van der Waals surface area (Å²) in [5, 5.41) is 2.61. The van der Waals surface area contributed by atoms with Crippen LogP contribution in [0.1, 0.15) is 12.8 Å². The van der Waals surface area contributed by atoms with Crippen molar-refractivity contribution in [3.05, 3.63) is 0 Å². The number of carbonyl (C=O) groups excluding carboxylic acids is 1. The first-order chi connectivity index (χ1) is 5.72. The molecule has 0 rings (SSSR count). The zero-order chi connectivity index (χ0) is 9.40. The largest absolute Gasteiger partial charge is 0.353 e. The van der Waals surface area contributed by atoms with E-state index in [9.17, 15) is 4.79 Å². The van der Waals surface area contributed by atoms with E-state index in [1.165, 1.54) is 0 Å². The van der Waals surface area contributed by atoms with E-state index in [-0.39, 0.29) is 5.91 Å². The summed E-state index contributed by atoms with van der Waals surface area (Å²) in [5.41, 5.74) is 16.0. The molecule has 0 spiro atoms. The number of nitrogens with two attached hydrogens (primary N) is 3. The first kappa shape index (κ1) is 11.4. The molecule has 0 aromatic heterocycles. The van der Waals surface area contributed by atoms with Crippen molar-refractivity contribution < 1.29 is 4.79 Å². The van der Waals surface area contributed by atoms with Crippen molar-refractivity contribution in [2.75, 3.05) is 19.6 Å². The lowest BCUT2D eigenvalue weighted by molar-refractivity contribution is -0.122. The molecule has 0 saturated heterocycles. The van der Waals surface area contributed by atoms with E-state index in [0.717, 1.165) is 6.42 Å². The van der Waals surface area contributed by atoms with E-state index >= 15 is 0 Å². The Balaban J connectivity index is 3.47. The van der Waals surface area contributed by atoms with Crippen LogP contribution in [-0.2, 0) is 4.79 Å². The van der Waals surface area contributed by atoms with Crippen LogP contribution >= 0.6 is 0 Å². The van der Waals surface area contributed by atoms with Crippen LogP contribution < -0.4 is 22.5 Å². The van der Waals surface area contributed by atoms with Gasteiger partial charge in [0.1, 0.15) is 0 Å². The minimum Gasteiger partial charge on any atom is -0.353 e. The molecule has 1 amide bonds. The summed E-state index contributed by atoms with van der Waals surface area (Å²) in [5.74, 6) is -0.145. The van der Waals surface area contributed by atoms with Crippen LogP contribution in [0.2, 0.25) is 0 Å². The van der Waals surface area contributed by atoms with E-state index in [0.29, 0.717) is 26.1 Å². The molecule has 0 heterocycles. The highest BCUT2D eigenvalue weighted by Gasteiger charge is 2.10. The molecule has 0 aliphatic heterocycles. The molecule has 0 aromatic carbocycles. The van der Waals surface area contributed by atoms with Crippen LogP contribution in [0.25, 0.3) is 0 Å². The second-order valence-electron chi connectivity index (χ2n) is 2.62. The van der Waals surface area contributed by atoms with Crippen LogP contribution in [0.15, 0.2) is 0 Å². The fourth-order valence-corrected chi connectivity index (χ4v) is 0.795. The summed E-state index contributed by atoms with van der Waals surface area (Å²) in [7, 11) is 0. The Morgan fingerprint density at radius 3 is 2.50 bits per heavy atom. The molecule has 1 atom stereocenters. The van der Waals surface area contributed by atoms with E-state index in [1.807, 2.05) is 0 Å². The Labute approximate surface area is 72.7 Å². The van der Waals surface area contributed by atoms with Gasteiger partial charge in [0.2, 0.25) is 5.91 Å². The summed E-state index contributed by atoms with van der Waals surface area (Å²) in [4.78, 5) is 11.1. The molecule has 12 heavy (non-hydrogen) atoms. The fourth-order valence-electron chi connectivity index (χ4n) is 0.795. The van der Waals surface area contributed by atoms with Gasteiger partial charge in [0.05, 0.1) is 6.04 Å². The number of hydrogen-bond donors (Lipinski definition) is 4. The van der Waals surface area contributed by atoms with Crippen molar-refractivity contribution in [3.63, 3.8) is 0 Å². The predicted molar refractivity (Wildman–Crippen MR) is 48.3 cm³/mol. The lowest BCUT2D eigenvalue weighted by atomic mass is 10.1. The van der Waals surface area contributed by atoms with Gasteiger partial charge in [-0.2, -0.15) is 0 Å². The first-order valence-electron chi connectivity index (χ1n) is 4.15. The van der Waals surface area contributed by atoms with Gasteiger partial charge in [0, 0.05) is 13.1 Å². The van der Waals surface area contributed by atoms with Crippen molar-refractivity contribution in [1.82, 2.24) is 5.32 Å². The van der Waals surface area contributed by atoms with Crippen molar-refractivity contribution in [2.24, 2.45) is 17.2 Å². The Kier molecular flexibility index (Phi) is 6.64. The SMILES string of the molecule is NCCCC(N)C(=O)NCCN. The minimum atomic E-state index is -0.444. The summed E-state index contributed by atoms with van der Waals surface area (Å²) >= 11 is 0. The average molecular weight is 174 g/mol. The van der Waals surface area contributed by atoms with Crippen LogP contribution in [0, 0.1) is 0 Å². The molecule has 0 saturated carbocycles. The third kappa shape index (κ3) is 5.06. The number of amides is 1. The Bertz CT molecular complexity index is 129. The van der Waals surface area contributed by atoms with Crippen LogP contribution in [-0.4, -0.2) is 31.6 Å². The molecule has 1 unspecified atom stereocenters. The maximum absolute atomic E-state index is 11.1. The number of carbonyl (C=O) groups is 1. The predicted octanol–water partition coefficient (Wildman–Crippen LogP) is -1.87. The summed E-state index contributed by atoms with van der Waals surface area (Å²) < 4.78 is 0. The highest BCUT2D eigenvalue weighted by atomic mass is 16.2. The zero-order valence-corrected chi connectivity index (χ0v) is 7.25. The van der Waals surface area contributed by atoms with Gasteiger partial charge in [-0.25, -0.2) is 0 Å². The minimum absolute atomic E-state index is 0.145. The van der Waals surface area contributed by atoms with Crippen molar-refractivity contribution >= 4 is 5.91 Å². The van der Waals surface area contributed by atoms with E-state index in [4.69, 9.17) is 17.2 Å². The Morgan fingerprint density at radius 2 is 2.00 bits per heavy atom. The van der Waals surface area contributed by atoms with Crippen LogP contribution in [0.3, 0.4) is 0 Å². The second kappa shape index (κ2) is 7.02. The lowest BCUT2D eigenvalue weighted by Crippen LogP contribution is -2.42. The molecule has 0 radical (unpaired) electrons. The van der Waals surface area contributed by atoms with Crippen molar-refractivity contribution in [3.8, 4) is 0 Å². The second-order valence-corrected chi connectivity index (χ2v) is 2.62. The maximum atomic E-state index is 11.1. The standard InChI is InChI=1S/C7H18N4O/c8-3-1-2-6(10)7(12)11-5-4-9/h6H,1-5,8-10H2,(H,11,12). The average Bonchev–Trinajstić information content (AvgIpc) is 2.10. The fraction of sp³-hybridized carbons (Fsp3) is 0.857. The molecule has 5 nitrogen and oxygen atoms in total. The molecule has 0 aliphatic rings. The van der Waals surface area contributed by atoms with Gasteiger partial charge in [-0.3, -0.25) is 4.79 Å². The third-order valence-corrected chi connectivity index (χ3v) is 1.50. The lowest BCUT2D eigenvalue weighted by Gasteiger charge is -2.10. The normalized spacial score (nSPS) is 12.6. The topological polar surface area (TPSA) is 107 Å². The van der Waals surface area contributed by atoms with E-state index in [1.54, 1.807) is 0 Å². The van der Waals surface area contributed by atoms with Gasteiger partial charge in [-0.05, 0) is 19.4 Å². The number of nitrogens with one attached hydrogen (secondary N) is 1. The summed E-state index contributed by atoms with van der Waals surface area (Å²) in [6, 6.07) is -0.444. The number of hydrogen-bond acceptors (Lipinski definition) is 4. The van der Waals surface area contributed by atoms with Gasteiger partial charge in [-0.15, -0.1) is 0 Å². The van der Waals surface area contributed by atoms with Crippen molar-refractivity contribution in [1.29, 1.82) is 0 Å². The molecule has 7 N–H and O–H groups in total. The van der Waals surface area contributed by atoms with Gasteiger partial charge >= 0.3 is 0 Å². The van der Waals surface area contributed by atoms with Crippen molar-refractivity contribution in [2.45, 2.75) is 18.9 Å². The smallest absolute Gasteiger partial charge is 0.236 e. The summed E-state index contributed by atoms with van der Waals surface area (Å²) in [6.45, 7) is 1.49. The van der Waals surface area contributed by atoms with Gasteiger partial charge in [-0.1, -0.05) is 0 Å².